The van der Waals surface area contributed by atoms with E-state index in [4.69, 9.17) is 15.0 Å². The highest BCUT2D eigenvalue weighted by Gasteiger charge is 2.37. The first-order valence-corrected chi connectivity index (χ1v) is 18.0. The molecule has 2 heterocycles. The highest BCUT2D eigenvalue weighted by molar-refractivity contribution is 6.10. The van der Waals surface area contributed by atoms with Gasteiger partial charge in [-0.15, -0.1) is 0 Å². The van der Waals surface area contributed by atoms with E-state index in [0.29, 0.717) is 55.8 Å². The molecule has 0 aliphatic rings. The van der Waals surface area contributed by atoms with Crippen molar-refractivity contribution in [1.29, 1.82) is 0 Å². The van der Waals surface area contributed by atoms with Crippen LogP contribution in [0.2, 0.25) is 0 Å². The molecule has 0 saturated carbocycles. The van der Waals surface area contributed by atoms with Crippen LogP contribution in [0, 0.1) is 5.82 Å². The number of hydrogen-bond acceptors (Lipinski definition) is 3. The van der Waals surface area contributed by atoms with Gasteiger partial charge < -0.3 is 4.57 Å². The summed E-state index contributed by atoms with van der Waals surface area (Å²) < 4.78 is 101. The number of halogens is 7. The van der Waals surface area contributed by atoms with Gasteiger partial charge in [0.05, 0.1) is 22.2 Å². The van der Waals surface area contributed by atoms with E-state index in [-0.39, 0.29) is 23.0 Å². The second-order valence-corrected chi connectivity index (χ2v) is 13.6. The van der Waals surface area contributed by atoms with Crippen LogP contribution in [-0.4, -0.2) is 19.5 Å². The number of para-hydroxylation sites is 1. The lowest BCUT2D eigenvalue weighted by molar-refractivity contribution is -0.143. The molecule has 0 atom stereocenters. The third-order valence-electron chi connectivity index (χ3n) is 9.96. The molecule has 4 nitrogen and oxygen atoms in total. The molecule has 58 heavy (non-hydrogen) atoms. The van der Waals surface area contributed by atoms with Crippen LogP contribution in [0.5, 0.6) is 0 Å². The highest BCUT2D eigenvalue weighted by Crippen LogP contribution is 2.42. The van der Waals surface area contributed by atoms with E-state index in [1.807, 2.05) is 95.6 Å². The quantitative estimate of drug-likeness (QED) is 0.158. The van der Waals surface area contributed by atoms with E-state index < -0.39 is 29.3 Å². The number of hydrogen-bond donors (Lipinski definition) is 0. The van der Waals surface area contributed by atoms with Gasteiger partial charge in [-0.1, -0.05) is 109 Å². The minimum Gasteiger partial charge on any atom is -0.309 e. The highest BCUT2D eigenvalue weighted by atomic mass is 19.4. The summed E-state index contributed by atoms with van der Waals surface area (Å²) in [5.74, 6) is 0.634. The molecule has 9 rings (SSSR count). The Hall–Kier alpha value is -7.14. The van der Waals surface area contributed by atoms with Gasteiger partial charge in [0.25, 0.3) is 0 Å². The Kier molecular flexibility index (Phi) is 8.88. The maximum absolute atomic E-state index is 15.6. The third kappa shape index (κ3) is 6.74. The molecule has 284 valence electrons. The van der Waals surface area contributed by atoms with Gasteiger partial charge in [0.2, 0.25) is 0 Å². The van der Waals surface area contributed by atoms with Crippen LogP contribution in [-0.2, 0) is 12.4 Å². The van der Waals surface area contributed by atoms with E-state index >= 15 is 4.39 Å². The minimum atomic E-state index is -5.00. The van der Waals surface area contributed by atoms with Crippen molar-refractivity contribution in [3.63, 3.8) is 0 Å². The van der Waals surface area contributed by atoms with E-state index in [1.165, 1.54) is 12.1 Å². The second-order valence-electron chi connectivity index (χ2n) is 13.6. The maximum atomic E-state index is 15.6. The molecule has 0 unspecified atom stereocenters. The molecule has 0 bridgehead atoms. The fourth-order valence-electron chi connectivity index (χ4n) is 7.25. The lowest BCUT2D eigenvalue weighted by Crippen LogP contribution is -2.11. The van der Waals surface area contributed by atoms with E-state index in [0.717, 1.165) is 23.3 Å². The van der Waals surface area contributed by atoms with E-state index in [1.54, 1.807) is 42.5 Å². The number of benzene rings is 7. The summed E-state index contributed by atoms with van der Waals surface area (Å²) in [6.07, 6.45) is -9.99. The Labute approximate surface area is 326 Å². The molecular weight excluding hydrogens is 754 g/mol. The summed E-state index contributed by atoms with van der Waals surface area (Å²) in [7, 11) is 0. The Morgan fingerprint density at radius 3 is 1.55 bits per heavy atom. The first-order valence-electron chi connectivity index (χ1n) is 18.0. The van der Waals surface area contributed by atoms with E-state index in [9.17, 15) is 26.3 Å². The van der Waals surface area contributed by atoms with Crippen LogP contribution in [0.4, 0.5) is 30.7 Å². The summed E-state index contributed by atoms with van der Waals surface area (Å²) in [6, 6.07) is 44.4. The number of fused-ring (bicyclic) bond motifs is 3. The topological polar surface area (TPSA) is 43.6 Å². The van der Waals surface area contributed by atoms with Crippen LogP contribution in [0.1, 0.15) is 11.1 Å². The van der Waals surface area contributed by atoms with Gasteiger partial charge in [-0.05, 0) is 71.3 Å². The smallest absolute Gasteiger partial charge is 0.309 e. The standard InChI is InChI=1S/C47H27F7N4/c48-40-17-9-7-15-36(40)35-21-20-34(27-39(35)45-56-43(28-11-3-1-4-12-28)55-44(57-45)29-13-5-2-6-14-29)58-41-18-10-8-16-37(41)38-25-30(19-22-42(38)58)31-23-32(46(49,50)51)26-33(24-31)47(52,53)54/h1-27H. The Morgan fingerprint density at radius 2 is 0.931 bits per heavy atom. The van der Waals surface area contributed by atoms with Gasteiger partial charge in [-0.3, -0.25) is 0 Å². The van der Waals surface area contributed by atoms with Crippen LogP contribution < -0.4 is 0 Å². The molecule has 0 spiro atoms. The Balaban J connectivity index is 1.28. The average Bonchev–Trinajstić information content (AvgIpc) is 3.57. The Bertz CT molecular complexity index is 2900. The summed E-state index contributed by atoms with van der Waals surface area (Å²) in [6.45, 7) is 0. The van der Waals surface area contributed by atoms with Crippen LogP contribution in [0.25, 0.3) is 83.9 Å². The molecule has 7 aromatic carbocycles. The number of nitrogens with zero attached hydrogens (tertiary/aromatic N) is 4. The van der Waals surface area contributed by atoms with Crippen LogP contribution >= 0.6 is 0 Å². The Morgan fingerprint density at radius 1 is 0.379 bits per heavy atom. The van der Waals surface area contributed by atoms with Gasteiger partial charge in [-0.2, -0.15) is 26.3 Å². The van der Waals surface area contributed by atoms with Crippen molar-refractivity contribution in [3.8, 4) is 62.1 Å². The molecule has 0 saturated heterocycles. The monoisotopic (exact) mass is 780 g/mol. The number of rotatable bonds is 6. The van der Waals surface area contributed by atoms with Crippen molar-refractivity contribution in [2.45, 2.75) is 12.4 Å². The first-order chi connectivity index (χ1) is 27.9. The van der Waals surface area contributed by atoms with Crippen LogP contribution in [0.15, 0.2) is 164 Å². The van der Waals surface area contributed by atoms with Crippen molar-refractivity contribution in [2.75, 3.05) is 0 Å². The van der Waals surface area contributed by atoms with Gasteiger partial charge in [0, 0.05) is 38.7 Å². The van der Waals surface area contributed by atoms with Gasteiger partial charge in [0.1, 0.15) is 5.82 Å². The maximum Gasteiger partial charge on any atom is 0.416 e. The lowest BCUT2D eigenvalue weighted by atomic mass is 9.97. The van der Waals surface area contributed by atoms with Gasteiger partial charge in [0.15, 0.2) is 17.5 Å². The molecule has 0 fully saturated rings. The molecule has 11 heteroatoms. The minimum absolute atomic E-state index is 0.120. The summed E-state index contributed by atoms with van der Waals surface area (Å²) in [4.78, 5) is 14.7. The third-order valence-corrected chi connectivity index (χ3v) is 9.96. The molecule has 9 aromatic rings. The molecule has 0 aliphatic heterocycles. The zero-order valence-electron chi connectivity index (χ0n) is 30.0. The van der Waals surface area contributed by atoms with Crippen molar-refractivity contribution in [1.82, 2.24) is 19.5 Å². The predicted octanol–water partition coefficient (Wildman–Crippen LogP) is 13.5. The fourth-order valence-corrected chi connectivity index (χ4v) is 7.25. The summed E-state index contributed by atoms with van der Waals surface area (Å²) >= 11 is 0. The summed E-state index contributed by atoms with van der Waals surface area (Å²) in [5, 5.41) is 1.30. The largest absolute Gasteiger partial charge is 0.416 e. The van der Waals surface area contributed by atoms with Gasteiger partial charge in [-0.25, -0.2) is 19.3 Å². The first kappa shape index (κ1) is 36.5. The lowest BCUT2D eigenvalue weighted by Gasteiger charge is -2.16. The number of alkyl halides is 6. The second kappa shape index (κ2) is 14.1. The molecule has 0 radical (unpaired) electrons. The van der Waals surface area contributed by atoms with E-state index in [2.05, 4.69) is 0 Å². The molecular formula is C47H27F7N4. The van der Waals surface area contributed by atoms with Crippen molar-refractivity contribution < 1.29 is 30.7 Å². The zero-order valence-corrected chi connectivity index (χ0v) is 30.0. The molecule has 0 amide bonds. The molecule has 0 aliphatic carbocycles. The average molecular weight is 781 g/mol. The fraction of sp³-hybridized carbons (Fsp3) is 0.0426. The van der Waals surface area contributed by atoms with Crippen LogP contribution in [0.3, 0.4) is 0 Å². The predicted molar refractivity (Wildman–Crippen MR) is 211 cm³/mol. The zero-order chi connectivity index (χ0) is 40.2. The SMILES string of the molecule is Fc1ccccc1-c1ccc(-n2c3ccccc3c3cc(-c4cc(C(F)(F)F)cc(C(F)(F)F)c4)ccc32)cc1-c1nc(-c2ccccc2)nc(-c2ccccc2)n1. The number of aromatic nitrogens is 4. The molecule has 2 aromatic heterocycles. The van der Waals surface area contributed by atoms with Crippen molar-refractivity contribution >= 4 is 21.8 Å². The van der Waals surface area contributed by atoms with Crippen molar-refractivity contribution in [2.24, 2.45) is 0 Å². The van der Waals surface area contributed by atoms with Crippen molar-refractivity contribution in [3.05, 3.63) is 181 Å². The van der Waals surface area contributed by atoms with Gasteiger partial charge >= 0.3 is 12.4 Å². The molecule has 0 N–H and O–H groups in total. The summed E-state index contributed by atoms with van der Waals surface area (Å²) in [5.41, 5.74) is 1.93. The normalized spacial score (nSPS) is 12.1.